The van der Waals surface area contributed by atoms with Gasteiger partial charge in [-0.3, -0.25) is 0 Å². The van der Waals surface area contributed by atoms with Crippen molar-refractivity contribution in [1.29, 1.82) is 0 Å². The Labute approximate surface area is 123 Å². The first-order valence-electron chi connectivity index (χ1n) is 5.34. The van der Waals surface area contributed by atoms with Crippen LogP contribution in [0.2, 0.25) is 0 Å². The van der Waals surface area contributed by atoms with Crippen molar-refractivity contribution in [2.45, 2.75) is 12.5 Å². The van der Waals surface area contributed by atoms with Gasteiger partial charge in [-0.05, 0) is 51.9 Å². The fourth-order valence-corrected chi connectivity index (χ4v) is 2.74. The van der Waals surface area contributed by atoms with E-state index >= 15 is 0 Å². The lowest BCUT2D eigenvalue weighted by molar-refractivity contribution is 0.177. The number of rotatable bonds is 3. The molecular formula is C14H12BrIO. The van der Waals surface area contributed by atoms with E-state index in [0.29, 0.717) is 6.42 Å². The molecule has 0 aliphatic carbocycles. The molecule has 1 atom stereocenters. The van der Waals surface area contributed by atoms with Crippen molar-refractivity contribution in [2.75, 3.05) is 0 Å². The van der Waals surface area contributed by atoms with Crippen LogP contribution in [0.1, 0.15) is 17.2 Å². The van der Waals surface area contributed by atoms with Crippen molar-refractivity contribution < 1.29 is 5.11 Å². The molecule has 1 unspecified atom stereocenters. The largest absolute Gasteiger partial charge is 0.388 e. The first kappa shape index (κ1) is 13.1. The topological polar surface area (TPSA) is 20.2 Å². The molecule has 0 saturated heterocycles. The van der Waals surface area contributed by atoms with E-state index in [0.717, 1.165) is 19.2 Å². The van der Waals surface area contributed by atoms with E-state index in [-0.39, 0.29) is 0 Å². The lowest BCUT2D eigenvalue weighted by Gasteiger charge is -2.13. The average Bonchev–Trinajstić information content (AvgIpc) is 2.33. The second kappa shape index (κ2) is 5.98. The Morgan fingerprint density at radius 1 is 1.12 bits per heavy atom. The molecule has 0 spiro atoms. The van der Waals surface area contributed by atoms with Crippen LogP contribution in [0.15, 0.2) is 53.0 Å². The second-order valence-electron chi connectivity index (χ2n) is 3.87. The van der Waals surface area contributed by atoms with Gasteiger partial charge in [-0.1, -0.05) is 46.3 Å². The molecule has 17 heavy (non-hydrogen) atoms. The zero-order valence-corrected chi connectivity index (χ0v) is 12.8. The van der Waals surface area contributed by atoms with Crippen molar-refractivity contribution >= 4 is 38.5 Å². The van der Waals surface area contributed by atoms with Crippen molar-refractivity contribution in [2.24, 2.45) is 0 Å². The maximum atomic E-state index is 10.2. The van der Waals surface area contributed by atoms with Gasteiger partial charge in [0.05, 0.1) is 6.10 Å². The number of hydrogen-bond acceptors (Lipinski definition) is 1. The quantitative estimate of drug-likeness (QED) is 0.757. The zero-order valence-electron chi connectivity index (χ0n) is 9.11. The van der Waals surface area contributed by atoms with Crippen LogP contribution in [0.3, 0.4) is 0 Å². The number of benzene rings is 2. The van der Waals surface area contributed by atoms with Gasteiger partial charge in [0.2, 0.25) is 0 Å². The standard InChI is InChI=1S/C14H12BrIO/c15-13-7-6-11(16)9-12(13)14(17)8-10-4-2-1-3-5-10/h1-7,9,14,17H,8H2. The summed E-state index contributed by atoms with van der Waals surface area (Å²) in [5.41, 5.74) is 2.09. The van der Waals surface area contributed by atoms with Crippen LogP contribution in [0.5, 0.6) is 0 Å². The third-order valence-electron chi connectivity index (χ3n) is 2.59. The van der Waals surface area contributed by atoms with Gasteiger partial charge < -0.3 is 5.11 Å². The van der Waals surface area contributed by atoms with Gasteiger partial charge in [0.25, 0.3) is 0 Å². The van der Waals surface area contributed by atoms with E-state index < -0.39 is 6.10 Å². The highest BCUT2D eigenvalue weighted by molar-refractivity contribution is 14.1. The van der Waals surface area contributed by atoms with Crippen LogP contribution >= 0.6 is 38.5 Å². The molecule has 0 saturated carbocycles. The molecule has 0 bridgehead atoms. The summed E-state index contributed by atoms with van der Waals surface area (Å²) < 4.78 is 2.09. The third kappa shape index (κ3) is 3.53. The summed E-state index contributed by atoms with van der Waals surface area (Å²) in [7, 11) is 0. The van der Waals surface area contributed by atoms with Gasteiger partial charge in [0.1, 0.15) is 0 Å². The molecule has 3 heteroatoms. The SMILES string of the molecule is OC(Cc1ccccc1)c1cc(I)ccc1Br. The lowest BCUT2D eigenvalue weighted by atomic mass is 10.0. The fourth-order valence-electron chi connectivity index (χ4n) is 1.72. The van der Waals surface area contributed by atoms with Gasteiger partial charge in [0, 0.05) is 14.5 Å². The van der Waals surface area contributed by atoms with Crippen LogP contribution in [-0.2, 0) is 6.42 Å². The van der Waals surface area contributed by atoms with Crippen molar-refractivity contribution in [3.05, 3.63) is 67.7 Å². The Bertz CT molecular complexity index is 499. The molecule has 0 heterocycles. The Balaban J connectivity index is 2.20. The Kier molecular flexibility index (Phi) is 4.59. The van der Waals surface area contributed by atoms with Crippen LogP contribution in [0, 0.1) is 3.57 Å². The van der Waals surface area contributed by atoms with Gasteiger partial charge in [-0.25, -0.2) is 0 Å². The first-order valence-corrected chi connectivity index (χ1v) is 7.21. The molecule has 2 rings (SSSR count). The van der Waals surface area contributed by atoms with E-state index in [9.17, 15) is 5.11 Å². The number of aliphatic hydroxyl groups is 1. The van der Waals surface area contributed by atoms with Gasteiger partial charge >= 0.3 is 0 Å². The molecule has 2 aromatic rings. The number of halogens is 2. The smallest absolute Gasteiger partial charge is 0.0841 e. The summed E-state index contributed by atoms with van der Waals surface area (Å²) in [5, 5.41) is 10.2. The molecule has 0 aliphatic heterocycles. The summed E-state index contributed by atoms with van der Waals surface area (Å²) in [6, 6.07) is 16.0. The third-order valence-corrected chi connectivity index (χ3v) is 3.98. The predicted octanol–water partition coefficient (Wildman–Crippen LogP) is 4.33. The molecule has 1 nitrogen and oxygen atoms in total. The van der Waals surface area contributed by atoms with E-state index in [2.05, 4.69) is 38.5 Å². The van der Waals surface area contributed by atoms with Crippen LogP contribution in [-0.4, -0.2) is 5.11 Å². The number of aliphatic hydroxyl groups excluding tert-OH is 1. The molecule has 0 aliphatic rings. The van der Waals surface area contributed by atoms with Crippen molar-refractivity contribution in [1.82, 2.24) is 0 Å². The summed E-state index contributed by atoms with van der Waals surface area (Å²) >= 11 is 5.74. The molecule has 2 aromatic carbocycles. The molecular weight excluding hydrogens is 391 g/mol. The molecule has 0 amide bonds. The molecule has 0 radical (unpaired) electrons. The zero-order chi connectivity index (χ0) is 12.3. The highest BCUT2D eigenvalue weighted by atomic mass is 127. The molecule has 88 valence electrons. The summed E-state index contributed by atoms with van der Waals surface area (Å²) in [6.45, 7) is 0. The Morgan fingerprint density at radius 2 is 1.82 bits per heavy atom. The van der Waals surface area contributed by atoms with E-state index in [1.807, 2.05) is 48.5 Å². The molecule has 1 N–H and O–H groups in total. The first-order chi connectivity index (χ1) is 8.16. The summed E-state index contributed by atoms with van der Waals surface area (Å²) in [4.78, 5) is 0. The highest BCUT2D eigenvalue weighted by Crippen LogP contribution is 2.27. The van der Waals surface area contributed by atoms with Crippen molar-refractivity contribution in [3.63, 3.8) is 0 Å². The van der Waals surface area contributed by atoms with Gasteiger partial charge in [-0.2, -0.15) is 0 Å². The molecule has 0 fully saturated rings. The van der Waals surface area contributed by atoms with Crippen LogP contribution in [0.4, 0.5) is 0 Å². The minimum Gasteiger partial charge on any atom is -0.388 e. The minimum absolute atomic E-state index is 0.471. The van der Waals surface area contributed by atoms with E-state index in [4.69, 9.17) is 0 Å². The fraction of sp³-hybridized carbons (Fsp3) is 0.143. The Hall–Kier alpha value is -0.390. The molecule has 0 aromatic heterocycles. The lowest BCUT2D eigenvalue weighted by Crippen LogP contribution is -2.03. The van der Waals surface area contributed by atoms with Crippen LogP contribution < -0.4 is 0 Å². The summed E-state index contributed by atoms with van der Waals surface area (Å²) in [6.07, 6.45) is 0.168. The Morgan fingerprint density at radius 3 is 2.53 bits per heavy atom. The van der Waals surface area contributed by atoms with Gasteiger partial charge in [0.15, 0.2) is 0 Å². The second-order valence-corrected chi connectivity index (χ2v) is 5.97. The van der Waals surface area contributed by atoms with Crippen LogP contribution in [0.25, 0.3) is 0 Å². The van der Waals surface area contributed by atoms with E-state index in [1.54, 1.807) is 0 Å². The maximum Gasteiger partial charge on any atom is 0.0841 e. The normalized spacial score (nSPS) is 12.4. The van der Waals surface area contributed by atoms with Crippen molar-refractivity contribution in [3.8, 4) is 0 Å². The monoisotopic (exact) mass is 402 g/mol. The maximum absolute atomic E-state index is 10.2. The summed E-state index contributed by atoms with van der Waals surface area (Å²) in [5.74, 6) is 0. The number of hydrogen-bond donors (Lipinski definition) is 1. The average molecular weight is 403 g/mol. The van der Waals surface area contributed by atoms with E-state index in [1.165, 1.54) is 0 Å². The highest BCUT2D eigenvalue weighted by Gasteiger charge is 2.12. The minimum atomic E-state index is -0.471. The predicted molar refractivity (Wildman–Crippen MR) is 82.0 cm³/mol. The van der Waals surface area contributed by atoms with Gasteiger partial charge in [-0.15, -0.1) is 0 Å².